The summed E-state index contributed by atoms with van der Waals surface area (Å²) in [6, 6.07) is 13.7. The highest BCUT2D eigenvalue weighted by Crippen LogP contribution is 2.13. The molecule has 2 aromatic rings. The SMILES string of the molecule is COC(=O)c1ccc(N/C=C(/C#N)C(=O)Nc2cccc(C(=O)O)c2)cc1. The van der Waals surface area contributed by atoms with Crippen molar-refractivity contribution in [1.82, 2.24) is 0 Å². The van der Waals surface area contributed by atoms with Crippen LogP contribution in [0, 0.1) is 11.3 Å². The molecule has 0 bridgehead atoms. The molecule has 0 fully saturated rings. The van der Waals surface area contributed by atoms with E-state index in [1.165, 1.54) is 49.7 Å². The van der Waals surface area contributed by atoms with Crippen LogP contribution in [0.4, 0.5) is 11.4 Å². The van der Waals surface area contributed by atoms with Crippen molar-refractivity contribution in [3.05, 3.63) is 71.4 Å². The largest absolute Gasteiger partial charge is 0.478 e. The summed E-state index contributed by atoms with van der Waals surface area (Å²) in [7, 11) is 1.28. The highest BCUT2D eigenvalue weighted by atomic mass is 16.5. The molecule has 3 N–H and O–H groups in total. The minimum atomic E-state index is -1.13. The monoisotopic (exact) mass is 365 g/mol. The van der Waals surface area contributed by atoms with Crippen LogP contribution in [0.3, 0.4) is 0 Å². The van der Waals surface area contributed by atoms with Crippen LogP contribution < -0.4 is 10.6 Å². The van der Waals surface area contributed by atoms with Gasteiger partial charge in [-0.05, 0) is 42.5 Å². The zero-order chi connectivity index (χ0) is 19.8. The number of amides is 1. The average Bonchev–Trinajstić information content (AvgIpc) is 2.68. The van der Waals surface area contributed by atoms with E-state index in [1.807, 2.05) is 0 Å². The Morgan fingerprint density at radius 1 is 1.07 bits per heavy atom. The van der Waals surface area contributed by atoms with Crippen LogP contribution in [0.25, 0.3) is 0 Å². The maximum absolute atomic E-state index is 12.2. The fourth-order valence-corrected chi connectivity index (χ4v) is 2.05. The van der Waals surface area contributed by atoms with Gasteiger partial charge in [0, 0.05) is 17.6 Å². The van der Waals surface area contributed by atoms with E-state index in [0.717, 1.165) is 0 Å². The number of nitrogens with zero attached hydrogens (tertiary/aromatic N) is 1. The predicted octanol–water partition coefficient (Wildman–Crippen LogP) is 2.63. The zero-order valence-electron chi connectivity index (χ0n) is 14.2. The van der Waals surface area contributed by atoms with Crippen LogP contribution in [0.2, 0.25) is 0 Å². The standard InChI is InChI=1S/C19H15N3O5/c1-27-19(26)12-5-7-15(8-6-12)21-11-14(10-20)17(23)22-16-4-2-3-13(9-16)18(24)25/h2-9,11,21H,1H3,(H,22,23)(H,24,25)/b14-11-. The molecule has 2 rings (SSSR count). The third-order valence-corrected chi connectivity index (χ3v) is 3.42. The van der Waals surface area contributed by atoms with Gasteiger partial charge < -0.3 is 20.5 Å². The normalized spacial score (nSPS) is 10.4. The summed E-state index contributed by atoms with van der Waals surface area (Å²) in [5.41, 5.74) is 0.968. The Balaban J connectivity index is 2.08. The van der Waals surface area contributed by atoms with Crippen LogP contribution in [-0.2, 0) is 9.53 Å². The number of rotatable bonds is 6. The highest BCUT2D eigenvalue weighted by molar-refractivity contribution is 6.07. The number of hydrogen-bond donors (Lipinski definition) is 3. The molecule has 2 aromatic carbocycles. The molecular formula is C19H15N3O5. The number of benzene rings is 2. The average molecular weight is 365 g/mol. The zero-order valence-corrected chi connectivity index (χ0v) is 14.2. The molecule has 0 aliphatic rings. The van der Waals surface area contributed by atoms with Crippen molar-refractivity contribution in [2.45, 2.75) is 0 Å². The second-order valence-corrected chi connectivity index (χ2v) is 5.22. The second-order valence-electron chi connectivity index (χ2n) is 5.22. The van der Waals surface area contributed by atoms with Gasteiger partial charge in [0.2, 0.25) is 0 Å². The number of anilines is 2. The molecule has 27 heavy (non-hydrogen) atoms. The van der Waals surface area contributed by atoms with Crippen LogP contribution in [0.1, 0.15) is 20.7 Å². The van der Waals surface area contributed by atoms with E-state index in [2.05, 4.69) is 15.4 Å². The van der Waals surface area contributed by atoms with Crippen molar-refractivity contribution >= 4 is 29.2 Å². The topological polar surface area (TPSA) is 129 Å². The third-order valence-electron chi connectivity index (χ3n) is 3.42. The van der Waals surface area contributed by atoms with Crippen LogP contribution in [0.5, 0.6) is 0 Å². The molecule has 8 heteroatoms. The lowest BCUT2D eigenvalue weighted by molar-refractivity contribution is -0.112. The van der Waals surface area contributed by atoms with Crippen molar-refractivity contribution in [1.29, 1.82) is 5.26 Å². The van der Waals surface area contributed by atoms with Crippen molar-refractivity contribution < 1.29 is 24.2 Å². The number of hydrogen-bond acceptors (Lipinski definition) is 6. The van der Waals surface area contributed by atoms with Gasteiger partial charge in [-0.2, -0.15) is 5.26 Å². The van der Waals surface area contributed by atoms with Crippen molar-refractivity contribution in [3.8, 4) is 6.07 Å². The molecule has 0 spiro atoms. The maximum Gasteiger partial charge on any atom is 0.337 e. The first kappa shape index (κ1) is 19.2. The highest BCUT2D eigenvalue weighted by Gasteiger charge is 2.11. The number of carbonyl (C=O) groups excluding carboxylic acids is 2. The van der Waals surface area contributed by atoms with Gasteiger partial charge in [0.1, 0.15) is 11.6 Å². The first-order chi connectivity index (χ1) is 12.9. The summed E-state index contributed by atoms with van der Waals surface area (Å²) >= 11 is 0. The molecule has 0 radical (unpaired) electrons. The van der Waals surface area contributed by atoms with E-state index in [1.54, 1.807) is 18.2 Å². The fourth-order valence-electron chi connectivity index (χ4n) is 2.05. The molecule has 1 amide bonds. The van der Waals surface area contributed by atoms with Crippen LogP contribution in [0.15, 0.2) is 60.3 Å². The number of aromatic carboxylic acids is 1. The molecular weight excluding hydrogens is 350 g/mol. The van der Waals surface area contributed by atoms with Gasteiger partial charge in [-0.3, -0.25) is 4.79 Å². The van der Waals surface area contributed by atoms with Crippen molar-refractivity contribution in [2.24, 2.45) is 0 Å². The minimum Gasteiger partial charge on any atom is -0.478 e. The number of methoxy groups -OCH3 is 1. The number of carbonyl (C=O) groups is 3. The van der Waals surface area contributed by atoms with E-state index in [9.17, 15) is 14.4 Å². The maximum atomic E-state index is 12.2. The van der Waals surface area contributed by atoms with Crippen molar-refractivity contribution in [2.75, 3.05) is 17.7 Å². The molecule has 0 aliphatic carbocycles. The number of ether oxygens (including phenoxy) is 1. The lowest BCUT2D eigenvalue weighted by atomic mass is 10.2. The Morgan fingerprint density at radius 3 is 2.37 bits per heavy atom. The summed E-state index contributed by atoms with van der Waals surface area (Å²) in [4.78, 5) is 34.5. The van der Waals surface area contributed by atoms with E-state index >= 15 is 0 Å². The summed E-state index contributed by atoms with van der Waals surface area (Å²) in [6.45, 7) is 0. The molecule has 0 atom stereocenters. The first-order valence-electron chi connectivity index (χ1n) is 7.64. The smallest absolute Gasteiger partial charge is 0.337 e. The number of nitrogens with one attached hydrogen (secondary N) is 2. The van der Waals surface area contributed by atoms with Gasteiger partial charge in [-0.15, -0.1) is 0 Å². The molecule has 8 nitrogen and oxygen atoms in total. The van der Waals surface area contributed by atoms with Crippen LogP contribution in [-0.4, -0.2) is 30.1 Å². The molecule has 0 unspecified atom stereocenters. The minimum absolute atomic E-state index is 0.0131. The lowest BCUT2D eigenvalue weighted by Crippen LogP contribution is -2.15. The summed E-state index contributed by atoms with van der Waals surface area (Å²) < 4.78 is 4.60. The summed E-state index contributed by atoms with van der Waals surface area (Å²) in [6.07, 6.45) is 1.21. The molecule has 0 aromatic heterocycles. The van der Waals surface area contributed by atoms with Crippen molar-refractivity contribution in [3.63, 3.8) is 0 Å². The fraction of sp³-hybridized carbons (Fsp3) is 0.0526. The lowest BCUT2D eigenvalue weighted by Gasteiger charge is -2.06. The molecule has 0 aliphatic heterocycles. The van der Waals surface area contributed by atoms with Crippen LogP contribution >= 0.6 is 0 Å². The van der Waals surface area contributed by atoms with E-state index < -0.39 is 17.8 Å². The van der Waals surface area contributed by atoms with Gasteiger partial charge in [0.15, 0.2) is 0 Å². The van der Waals surface area contributed by atoms with Gasteiger partial charge in [-0.25, -0.2) is 9.59 Å². The third kappa shape index (κ3) is 5.17. The van der Waals surface area contributed by atoms with Gasteiger partial charge >= 0.3 is 11.9 Å². The predicted molar refractivity (Wildman–Crippen MR) is 97.1 cm³/mol. The van der Waals surface area contributed by atoms with E-state index in [4.69, 9.17) is 10.4 Å². The Kier molecular flexibility index (Phi) is 6.28. The molecule has 0 saturated heterocycles. The Labute approximate surface area is 154 Å². The summed E-state index contributed by atoms with van der Waals surface area (Å²) in [5.74, 6) is -2.30. The molecule has 0 saturated carbocycles. The van der Waals surface area contributed by atoms with E-state index in [0.29, 0.717) is 11.3 Å². The number of esters is 1. The van der Waals surface area contributed by atoms with Gasteiger partial charge in [0.05, 0.1) is 18.2 Å². The number of carboxylic acids is 1. The number of nitriles is 1. The quantitative estimate of drug-likeness (QED) is 0.408. The van der Waals surface area contributed by atoms with E-state index in [-0.39, 0.29) is 16.8 Å². The molecule has 136 valence electrons. The number of carboxylic acid groups (broad SMARTS) is 1. The Morgan fingerprint density at radius 2 is 1.78 bits per heavy atom. The van der Waals surface area contributed by atoms with Gasteiger partial charge in [0.25, 0.3) is 5.91 Å². The van der Waals surface area contributed by atoms with Gasteiger partial charge in [-0.1, -0.05) is 6.07 Å². The Hall–Kier alpha value is -4.12. The first-order valence-corrected chi connectivity index (χ1v) is 7.64. The summed E-state index contributed by atoms with van der Waals surface area (Å²) in [5, 5.41) is 23.4. The molecule has 0 heterocycles. The Bertz CT molecular complexity index is 943. The second kappa shape index (κ2) is 8.82.